The molecule has 0 amide bonds. The molecule has 0 saturated carbocycles. The van der Waals surface area contributed by atoms with E-state index in [1.165, 1.54) is 0 Å². The lowest BCUT2D eigenvalue weighted by atomic mass is 9.84. The summed E-state index contributed by atoms with van der Waals surface area (Å²) in [6.07, 6.45) is 4.36. The zero-order valence-electron chi connectivity index (χ0n) is 18.1. The highest BCUT2D eigenvalue weighted by Crippen LogP contribution is 2.55. The van der Waals surface area contributed by atoms with E-state index in [4.69, 9.17) is 0 Å². The van der Waals surface area contributed by atoms with Gasteiger partial charge in [-0.05, 0) is 36.3 Å². The van der Waals surface area contributed by atoms with E-state index in [0.29, 0.717) is 12.8 Å². The smallest absolute Gasteiger partial charge is 0.307 e. The first kappa shape index (κ1) is 24.4. The Bertz CT molecular complexity index is 806. The molecule has 0 fully saturated rings. The van der Waals surface area contributed by atoms with Gasteiger partial charge in [0.05, 0.1) is 5.92 Å². The van der Waals surface area contributed by atoms with Gasteiger partial charge in [0.15, 0.2) is 0 Å². The second-order valence-corrected chi connectivity index (χ2v) is 10.6. The minimum Gasteiger partial charge on any atom is -0.481 e. The number of hydrogen-bond donors (Lipinski definition) is 2. The van der Waals surface area contributed by atoms with Crippen LogP contribution in [0.1, 0.15) is 69.4 Å². The van der Waals surface area contributed by atoms with Crippen molar-refractivity contribution in [1.82, 2.24) is 0 Å². The molecule has 0 aliphatic carbocycles. The molecule has 0 saturated heterocycles. The molecule has 4 nitrogen and oxygen atoms in total. The van der Waals surface area contributed by atoms with Crippen molar-refractivity contribution in [3.63, 3.8) is 0 Å². The maximum absolute atomic E-state index is 13.5. The van der Waals surface area contributed by atoms with E-state index in [1.54, 1.807) is 0 Å². The molecule has 2 N–H and O–H groups in total. The summed E-state index contributed by atoms with van der Waals surface area (Å²) < 4.78 is 13.5. The molecule has 2 aromatic carbocycles. The standard InChI is InChI=1S/C25H35O4P/c1-3-5-8-17-24(30(28,29)19-20-13-9-6-10-14-20)23(25(26)27)18-21(4-2)22-15-11-7-12-16-22/h6-7,9-16,21,23-24H,3-5,8,17-19H2,1-2H3,(H,26,27)(H,28,29). The quantitative estimate of drug-likeness (QED) is 0.274. The van der Waals surface area contributed by atoms with Crippen molar-refractivity contribution in [3.05, 3.63) is 71.8 Å². The van der Waals surface area contributed by atoms with Gasteiger partial charge < -0.3 is 10.00 Å². The molecule has 0 radical (unpaired) electrons. The van der Waals surface area contributed by atoms with Gasteiger partial charge >= 0.3 is 5.97 Å². The highest BCUT2D eigenvalue weighted by Gasteiger charge is 2.41. The van der Waals surface area contributed by atoms with E-state index < -0.39 is 24.9 Å². The van der Waals surface area contributed by atoms with Crippen LogP contribution in [0.5, 0.6) is 0 Å². The van der Waals surface area contributed by atoms with Crippen LogP contribution >= 0.6 is 7.37 Å². The van der Waals surface area contributed by atoms with E-state index in [9.17, 15) is 19.4 Å². The SMILES string of the molecule is CCCCCC(C(CC(CC)c1ccccc1)C(=O)O)P(=O)(O)Cc1ccccc1. The van der Waals surface area contributed by atoms with Crippen molar-refractivity contribution < 1.29 is 19.4 Å². The minimum absolute atomic E-state index is 0.0243. The number of rotatable bonds is 13. The highest BCUT2D eigenvalue weighted by atomic mass is 31.2. The van der Waals surface area contributed by atoms with Crippen molar-refractivity contribution in [2.45, 2.75) is 70.1 Å². The molecule has 30 heavy (non-hydrogen) atoms. The number of carboxylic acid groups (broad SMARTS) is 1. The molecule has 164 valence electrons. The topological polar surface area (TPSA) is 74.6 Å². The third kappa shape index (κ3) is 7.11. The van der Waals surface area contributed by atoms with E-state index >= 15 is 0 Å². The summed E-state index contributed by atoms with van der Waals surface area (Å²) in [5.74, 6) is -1.75. The first-order valence-corrected chi connectivity index (χ1v) is 12.9. The van der Waals surface area contributed by atoms with Crippen molar-refractivity contribution >= 4 is 13.3 Å². The van der Waals surface area contributed by atoms with Gasteiger partial charge in [-0.2, -0.15) is 0 Å². The molecule has 4 unspecified atom stereocenters. The van der Waals surface area contributed by atoms with E-state index in [-0.39, 0.29) is 12.1 Å². The van der Waals surface area contributed by atoms with Gasteiger partial charge in [-0.15, -0.1) is 0 Å². The third-order valence-electron chi connectivity index (χ3n) is 5.96. The Labute approximate surface area is 180 Å². The molecule has 5 heteroatoms. The summed E-state index contributed by atoms with van der Waals surface area (Å²) >= 11 is 0. The van der Waals surface area contributed by atoms with Gasteiger partial charge in [0.25, 0.3) is 0 Å². The Morgan fingerprint density at radius 3 is 2.10 bits per heavy atom. The summed E-state index contributed by atoms with van der Waals surface area (Å²) in [5.41, 5.74) is 1.14. The van der Waals surface area contributed by atoms with E-state index in [2.05, 4.69) is 6.92 Å². The molecule has 0 spiro atoms. The van der Waals surface area contributed by atoms with Crippen LogP contribution in [0.2, 0.25) is 0 Å². The number of carbonyl (C=O) groups is 1. The van der Waals surface area contributed by atoms with Gasteiger partial charge in [-0.25, -0.2) is 0 Å². The van der Waals surface area contributed by atoms with Crippen LogP contribution in [0.15, 0.2) is 60.7 Å². The van der Waals surface area contributed by atoms with Crippen LogP contribution in [0.3, 0.4) is 0 Å². The fraction of sp³-hybridized carbons (Fsp3) is 0.480. The van der Waals surface area contributed by atoms with Crippen molar-refractivity contribution in [1.29, 1.82) is 0 Å². The van der Waals surface area contributed by atoms with Gasteiger partial charge in [0.1, 0.15) is 0 Å². The Hall–Kier alpha value is -1.90. The molecule has 0 aromatic heterocycles. The summed E-state index contributed by atoms with van der Waals surface area (Å²) in [7, 11) is -3.71. The van der Waals surface area contributed by atoms with Crippen molar-refractivity contribution in [3.8, 4) is 0 Å². The average Bonchev–Trinajstić information content (AvgIpc) is 2.73. The summed E-state index contributed by atoms with van der Waals surface area (Å²) in [6.45, 7) is 4.12. The highest BCUT2D eigenvalue weighted by molar-refractivity contribution is 7.58. The molecule has 2 aromatic rings. The Morgan fingerprint density at radius 1 is 0.967 bits per heavy atom. The molecule has 0 aliphatic rings. The first-order chi connectivity index (χ1) is 14.4. The van der Waals surface area contributed by atoms with Crippen LogP contribution in [0.25, 0.3) is 0 Å². The number of unbranched alkanes of at least 4 members (excludes halogenated alkanes) is 2. The number of aliphatic carboxylic acids is 1. The van der Waals surface area contributed by atoms with Crippen molar-refractivity contribution in [2.24, 2.45) is 5.92 Å². The molecule has 0 heterocycles. The Morgan fingerprint density at radius 2 is 1.57 bits per heavy atom. The molecular weight excluding hydrogens is 395 g/mol. The maximum Gasteiger partial charge on any atom is 0.307 e. The molecule has 2 rings (SSSR count). The van der Waals surface area contributed by atoms with Crippen LogP contribution in [-0.2, 0) is 15.5 Å². The fourth-order valence-corrected chi connectivity index (χ4v) is 6.61. The van der Waals surface area contributed by atoms with Crippen LogP contribution in [0.4, 0.5) is 0 Å². The summed E-state index contributed by atoms with van der Waals surface area (Å²) in [4.78, 5) is 23.4. The number of benzene rings is 2. The zero-order valence-corrected chi connectivity index (χ0v) is 19.0. The molecular formula is C25H35O4P. The largest absolute Gasteiger partial charge is 0.481 e. The molecule has 0 aliphatic heterocycles. The van der Waals surface area contributed by atoms with Crippen LogP contribution in [-0.4, -0.2) is 21.6 Å². The Kier molecular flexibility index (Phi) is 9.81. The van der Waals surface area contributed by atoms with Crippen LogP contribution in [0, 0.1) is 5.92 Å². The third-order valence-corrected chi connectivity index (χ3v) is 8.43. The van der Waals surface area contributed by atoms with Gasteiger partial charge in [-0.3, -0.25) is 9.36 Å². The second-order valence-electron chi connectivity index (χ2n) is 8.16. The average molecular weight is 431 g/mol. The molecule has 0 bridgehead atoms. The fourth-order valence-electron chi connectivity index (χ4n) is 4.24. The monoisotopic (exact) mass is 430 g/mol. The Balaban J connectivity index is 2.31. The van der Waals surface area contributed by atoms with E-state index in [1.807, 2.05) is 67.6 Å². The zero-order chi connectivity index (χ0) is 22.0. The minimum atomic E-state index is -3.71. The van der Waals surface area contributed by atoms with Crippen LogP contribution < -0.4 is 0 Å². The second kappa shape index (κ2) is 12.1. The molecule has 4 atom stereocenters. The predicted octanol–water partition coefficient (Wildman–Crippen LogP) is 6.69. The predicted molar refractivity (Wildman–Crippen MR) is 123 cm³/mol. The van der Waals surface area contributed by atoms with E-state index in [0.717, 1.165) is 36.8 Å². The first-order valence-electron chi connectivity index (χ1n) is 11.0. The lowest BCUT2D eigenvalue weighted by Crippen LogP contribution is -2.30. The lowest BCUT2D eigenvalue weighted by molar-refractivity contribution is -0.142. The summed E-state index contributed by atoms with van der Waals surface area (Å²) in [5, 5.41) is 10.1. The number of hydrogen-bond acceptors (Lipinski definition) is 2. The van der Waals surface area contributed by atoms with Gasteiger partial charge in [0, 0.05) is 11.8 Å². The summed E-state index contributed by atoms with van der Waals surface area (Å²) in [6, 6.07) is 19.1. The van der Waals surface area contributed by atoms with Crippen molar-refractivity contribution in [2.75, 3.05) is 0 Å². The normalized spacial score (nSPS) is 16.4. The maximum atomic E-state index is 13.5. The lowest BCUT2D eigenvalue weighted by Gasteiger charge is -2.31. The van der Waals surface area contributed by atoms with Gasteiger partial charge in [-0.1, -0.05) is 93.8 Å². The van der Waals surface area contributed by atoms with Gasteiger partial charge in [0.2, 0.25) is 7.37 Å². The number of carboxylic acids is 1.